The number of fused-ring (bicyclic) bond motifs is 1. The monoisotopic (exact) mass is 415 g/mol. The first-order valence-electron chi connectivity index (χ1n) is 10.3. The predicted octanol–water partition coefficient (Wildman–Crippen LogP) is 6.76. The van der Waals surface area contributed by atoms with Crippen molar-refractivity contribution in [2.24, 2.45) is 0 Å². The zero-order valence-corrected chi connectivity index (χ0v) is 19.6. The van der Waals surface area contributed by atoms with Gasteiger partial charge in [-0.25, -0.2) is 0 Å². The highest BCUT2D eigenvalue weighted by atomic mass is 31.2. The molecule has 3 rings (SSSR count). The van der Waals surface area contributed by atoms with Gasteiger partial charge in [-0.05, 0) is 78.3 Å². The molecule has 2 N–H and O–H groups in total. The van der Waals surface area contributed by atoms with Crippen LogP contribution in [0.3, 0.4) is 0 Å². The molecule has 1 atom stereocenters. The molecule has 0 aliphatic carbocycles. The molecule has 5 heteroatoms. The van der Waals surface area contributed by atoms with Gasteiger partial charge in [0.15, 0.2) is 6.35 Å². The lowest BCUT2D eigenvalue weighted by molar-refractivity contribution is 0.352. The maximum Gasteiger partial charge on any atom is 0.233 e. The fraction of sp³-hybridized carbons (Fsp3) is 0.417. The van der Waals surface area contributed by atoms with E-state index in [1.54, 1.807) is 0 Å². The fourth-order valence-corrected chi connectivity index (χ4v) is 3.88. The molecule has 2 aromatic carbocycles. The molecule has 0 aliphatic rings. The van der Waals surface area contributed by atoms with Crippen molar-refractivity contribution < 1.29 is 14.2 Å². The second-order valence-electron chi connectivity index (χ2n) is 7.82. The molecule has 0 spiro atoms. The van der Waals surface area contributed by atoms with Crippen LogP contribution >= 0.6 is 7.37 Å². The van der Waals surface area contributed by atoms with Crippen LogP contribution in [0.15, 0.2) is 36.5 Å². The van der Waals surface area contributed by atoms with Crippen LogP contribution in [0, 0.1) is 13.8 Å². The van der Waals surface area contributed by atoms with Crippen LogP contribution in [0.1, 0.15) is 61.4 Å². The molecule has 1 heterocycles. The Morgan fingerprint density at radius 2 is 1.72 bits per heavy atom. The fourth-order valence-electron chi connectivity index (χ4n) is 3.49. The van der Waals surface area contributed by atoms with Crippen LogP contribution in [0.5, 0.6) is 5.75 Å². The molecule has 29 heavy (non-hydrogen) atoms. The average Bonchev–Trinajstić information content (AvgIpc) is 3.07. The van der Waals surface area contributed by atoms with Crippen molar-refractivity contribution in [2.75, 3.05) is 13.0 Å². The van der Waals surface area contributed by atoms with Gasteiger partial charge in [0.25, 0.3) is 0 Å². The molecule has 4 nitrogen and oxygen atoms in total. The van der Waals surface area contributed by atoms with Crippen molar-refractivity contribution in [3.63, 3.8) is 0 Å². The van der Waals surface area contributed by atoms with Crippen LogP contribution in [0.25, 0.3) is 10.9 Å². The lowest BCUT2D eigenvalue weighted by atomic mass is 9.94. The van der Waals surface area contributed by atoms with E-state index in [1.165, 1.54) is 34.3 Å². The summed E-state index contributed by atoms with van der Waals surface area (Å²) < 4.78 is 17.0. The molecular weight excluding hydrogens is 381 g/mol. The summed E-state index contributed by atoms with van der Waals surface area (Å²) in [6, 6.07) is 10.5. The van der Waals surface area contributed by atoms with Gasteiger partial charge in [0.2, 0.25) is 7.37 Å². The van der Waals surface area contributed by atoms with E-state index in [9.17, 15) is 9.46 Å². The van der Waals surface area contributed by atoms with Gasteiger partial charge in [-0.15, -0.1) is 0 Å². The minimum Gasteiger partial charge on any atom is -0.484 e. The van der Waals surface area contributed by atoms with Crippen molar-refractivity contribution in [1.29, 1.82) is 0 Å². The number of ether oxygens (including phenoxy) is 1. The summed E-state index contributed by atoms with van der Waals surface area (Å²) in [5.41, 5.74) is 7.33. The first kappa shape index (κ1) is 23.3. The zero-order valence-electron chi connectivity index (χ0n) is 18.7. The van der Waals surface area contributed by atoms with E-state index in [-0.39, 0.29) is 6.35 Å². The van der Waals surface area contributed by atoms with E-state index in [1.807, 2.05) is 26.0 Å². The van der Waals surface area contributed by atoms with Gasteiger partial charge in [0.1, 0.15) is 5.75 Å². The number of nitrogens with one attached hydrogen (secondary N) is 1. The minimum absolute atomic E-state index is 0.159. The van der Waals surface area contributed by atoms with Crippen LogP contribution in [-0.2, 0) is 11.0 Å². The predicted molar refractivity (Wildman–Crippen MR) is 124 cm³/mol. The summed E-state index contributed by atoms with van der Waals surface area (Å²) in [7, 11) is -3.18. The molecule has 0 radical (unpaired) electrons. The maximum absolute atomic E-state index is 11.5. The molecule has 158 valence electrons. The van der Waals surface area contributed by atoms with Crippen molar-refractivity contribution in [3.05, 3.63) is 64.3 Å². The van der Waals surface area contributed by atoms with Crippen LogP contribution in [-0.4, -0.2) is 22.9 Å². The Morgan fingerprint density at radius 1 is 1.10 bits per heavy atom. The van der Waals surface area contributed by atoms with Crippen LogP contribution < -0.4 is 4.74 Å². The number of hydrogen-bond donors (Lipinski definition) is 2. The summed E-state index contributed by atoms with van der Waals surface area (Å²) in [4.78, 5) is 12.8. The number of H-pyrrole nitrogens is 1. The number of aromatic amines is 1. The first-order chi connectivity index (χ1) is 13.6. The Kier molecular flexibility index (Phi) is 7.73. The average molecular weight is 416 g/mol. The molecule has 1 unspecified atom stereocenters. The highest BCUT2D eigenvalue weighted by Crippen LogP contribution is 2.36. The molecule has 0 saturated carbocycles. The lowest BCUT2D eigenvalue weighted by Crippen LogP contribution is -2.01. The third kappa shape index (κ3) is 5.98. The molecule has 0 bridgehead atoms. The highest BCUT2D eigenvalue weighted by molar-refractivity contribution is 7.56. The second kappa shape index (κ2) is 9.65. The summed E-state index contributed by atoms with van der Waals surface area (Å²) >= 11 is 0. The van der Waals surface area contributed by atoms with E-state index in [4.69, 9.17) is 4.74 Å². The van der Waals surface area contributed by atoms with E-state index in [2.05, 4.69) is 57.1 Å². The van der Waals surface area contributed by atoms with Crippen molar-refractivity contribution in [1.82, 2.24) is 4.98 Å². The molecule has 0 aliphatic heterocycles. The molecule has 0 amide bonds. The number of aryl methyl sites for hydroxylation is 2. The number of rotatable bonds is 6. The molecule has 1 aromatic heterocycles. The van der Waals surface area contributed by atoms with Crippen molar-refractivity contribution in [2.45, 2.75) is 53.9 Å². The van der Waals surface area contributed by atoms with Gasteiger partial charge < -0.3 is 14.6 Å². The SMILES string of the molecule is CC.Cc1cc(OCP(C)(=O)O)cc(C)c1Cc1ccc2[nH]cc(C(C)C)c2c1. The Morgan fingerprint density at radius 3 is 2.28 bits per heavy atom. The smallest absolute Gasteiger partial charge is 0.233 e. The number of aromatic nitrogens is 1. The quantitative estimate of drug-likeness (QED) is 0.437. The Bertz CT molecular complexity index is 991. The number of benzene rings is 2. The maximum atomic E-state index is 11.5. The second-order valence-corrected chi connectivity index (χ2v) is 10.2. The van der Waals surface area contributed by atoms with Gasteiger partial charge in [-0.2, -0.15) is 0 Å². The van der Waals surface area contributed by atoms with E-state index in [0.717, 1.165) is 17.5 Å². The molecule has 0 fully saturated rings. The topological polar surface area (TPSA) is 62.3 Å². The highest BCUT2D eigenvalue weighted by Gasteiger charge is 2.13. The number of hydrogen-bond acceptors (Lipinski definition) is 2. The summed E-state index contributed by atoms with van der Waals surface area (Å²) in [6.45, 7) is 13.9. The molecule has 3 aromatic rings. The lowest BCUT2D eigenvalue weighted by Gasteiger charge is -2.15. The largest absolute Gasteiger partial charge is 0.484 e. The van der Waals surface area contributed by atoms with Crippen molar-refractivity contribution in [3.8, 4) is 5.75 Å². The summed E-state index contributed by atoms with van der Waals surface area (Å²) in [6.07, 6.45) is 2.80. The zero-order chi connectivity index (χ0) is 21.8. The van der Waals surface area contributed by atoms with Crippen LogP contribution in [0.2, 0.25) is 0 Å². The summed E-state index contributed by atoms with van der Waals surface area (Å²) in [5.74, 6) is 1.13. The third-order valence-corrected chi connectivity index (χ3v) is 5.53. The van der Waals surface area contributed by atoms with Gasteiger partial charge in [-0.3, -0.25) is 4.57 Å². The van der Waals surface area contributed by atoms with Gasteiger partial charge in [-0.1, -0.05) is 33.8 Å². The van der Waals surface area contributed by atoms with E-state index < -0.39 is 7.37 Å². The van der Waals surface area contributed by atoms with Crippen molar-refractivity contribution >= 4 is 18.3 Å². The third-order valence-electron chi connectivity index (χ3n) is 4.92. The first-order valence-corrected chi connectivity index (χ1v) is 12.6. The Hall–Kier alpha value is -2.03. The van der Waals surface area contributed by atoms with E-state index in [0.29, 0.717) is 11.7 Å². The van der Waals surface area contributed by atoms with Gasteiger partial charge in [0.05, 0.1) is 0 Å². The molecular formula is C24H34NO3P. The normalized spacial score (nSPS) is 13.1. The van der Waals surface area contributed by atoms with Gasteiger partial charge in [0, 0.05) is 23.8 Å². The van der Waals surface area contributed by atoms with Gasteiger partial charge >= 0.3 is 0 Å². The Labute approximate surface area is 174 Å². The molecule has 0 saturated heterocycles. The van der Waals surface area contributed by atoms with E-state index >= 15 is 0 Å². The Balaban J connectivity index is 0.00000145. The van der Waals surface area contributed by atoms with Crippen LogP contribution in [0.4, 0.5) is 0 Å². The standard InChI is InChI=1S/C22H28NO3P.C2H6/c1-14(2)21-12-23-22-7-6-17(11-20(21)22)10-19-15(3)8-18(9-16(19)4)26-13-27(5,24)25;1-2/h6-9,11-12,14,23H,10,13H2,1-5H3,(H,24,25);1-2H3. The summed E-state index contributed by atoms with van der Waals surface area (Å²) in [5, 5.41) is 1.29. The minimum atomic E-state index is -3.18.